The third-order valence-electron chi connectivity index (χ3n) is 5.96. The average Bonchev–Trinajstić information content (AvgIpc) is 2.66. The van der Waals surface area contributed by atoms with Crippen LogP contribution < -0.4 is 0 Å². The molecule has 0 saturated carbocycles. The first kappa shape index (κ1) is 27.3. The lowest BCUT2D eigenvalue weighted by atomic mass is 8.89. The minimum atomic E-state index is 1.37. The maximum absolute atomic E-state index is 2.30. The van der Waals surface area contributed by atoms with Gasteiger partial charge in [0.05, 0.1) is 29.8 Å². The quantitative estimate of drug-likeness (QED) is 0.129. The van der Waals surface area contributed by atoms with E-state index in [9.17, 15) is 0 Å². The van der Waals surface area contributed by atoms with Crippen LogP contribution in [-0.4, -0.2) is 143 Å². The number of hydrogen-bond donors (Lipinski definition) is 0. The van der Waals surface area contributed by atoms with E-state index in [1.807, 2.05) is 0 Å². The Labute approximate surface area is 180 Å². The lowest BCUT2D eigenvalue weighted by Gasteiger charge is -2.00. The Morgan fingerprint density at radius 3 is 1.00 bits per heavy atom. The topological polar surface area (TPSA) is 0 Å². The molecule has 0 nitrogen and oxygen atoms in total. The van der Waals surface area contributed by atoms with E-state index >= 15 is 0 Å². The molecule has 0 fully saturated rings. The van der Waals surface area contributed by atoms with E-state index in [1.54, 1.807) is 0 Å². The Bertz CT molecular complexity index is 216. The molecule has 0 spiro atoms. The van der Waals surface area contributed by atoms with Gasteiger partial charge in [0.15, 0.2) is 0 Å². The van der Waals surface area contributed by atoms with E-state index < -0.39 is 0 Å². The number of rotatable bonds is 23. The second kappa shape index (κ2) is 26.3. The van der Waals surface area contributed by atoms with Crippen LogP contribution in [0.25, 0.3) is 0 Å². The van der Waals surface area contributed by atoms with Crippen molar-refractivity contribution >= 4 is 143 Å². The molecular formula is C6H34B20. The molecule has 0 aliphatic rings. The van der Waals surface area contributed by atoms with Gasteiger partial charge in [0, 0.05) is 113 Å². The zero-order valence-electron chi connectivity index (χ0n) is 19.0. The van der Waals surface area contributed by atoms with Crippen molar-refractivity contribution in [2.45, 2.75) is 38.3 Å². The molecule has 0 saturated heterocycles. The predicted octanol–water partition coefficient (Wildman–Crippen LogP) is -11.0. The molecule has 0 atom stereocenters. The van der Waals surface area contributed by atoms with Gasteiger partial charge in [-0.25, -0.2) is 0 Å². The van der Waals surface area contributed by atoms with Gasteiger partial charge < -0.3 is 0 Å². The molecule has 0 aromatic rings. The third-order valence-corrected chi connectivity index (χ3v) is 5.96. The fraction of sp³-hybridized carbons (Fsp3) is 1.00. The highest BCUT2D eigenvalue weighted by molar-refractivity contribution is 7.69. The van der Waals surface area contributed by atoms with Crippen molar-refractivity contribution in [1.29, 1.82) is 0 Å². The van der Waals surface area contributed by atoms with Crippen LogP contribution in [0.1, 0.15) is 25.7 Å². The Balaban J connectivity index is 2.95. The van der Waals surface area contributed by atoms with Crippen molar-refractivity contribution in [2.75, 3.05) is 0 Å². The summed E-state index contributed by atoms with van der Waals surface area (Å²) in [5.41, 5.74) is 0. The van der Waals surface area contributed by atoms with Crippen LogP contribution in [0.3, 0.4) is 0 Å². The zero-order chi connectivity index (χ0) is 19.0. The summed E-state index contributed by atoms with van der Waals surface area (Å²) >= 11 is 0. The fourth-order valence-corrected chi connectivity index (χ4v) is 4.04. The summed E-state index contributed by atoms with van der Waals surface area (Å²) in [6.07, 6.45) is 8.97. The molecule has 118 valence electrons. The second-order valence-electron chi connectivity index (χ2n) is 8.78. The Morgan fingerprint density at radius 1 is 0.346 bits per heavy atom. The van der Waals surface area contributed by atoms with Gasteiger partial charge in [0.25, 0.3) is 0 Å². The second-order valence-corrected chi connectivity index (χ2v) is 8.78. The van der Waals surface area contributed by atoms with Gasteiger partial charge in [-0.2, -0.15) is 0 Å². The van der Waals surface area contributed by atoms with Crippen LogP contribution >= 0.6 is 0 Å². The molecule has 20 heteroatoms. The summed E-state index contributed by atoms with van der Waals surface area (Å²) in [6, 6.07) is 0. The third kappa shape index (κ3) is 25.3. The molecule has 0 rings (SSSR count). The monoisotopic (exact) mass is 326 g/mol. The minimum absolute atomic E-state index is 1.37. The summed E-state index contributed by atoms with van der Waals surface area (Å²) < 4.78 is 0. The summed E-state index contributed by atoms with van der Waals surface area (Å²) in [5.74, 6) is 0. The molecule has 0 amide bonds. The first-order valence-corrected chi connectivity index (χ1v) is 12.9. The first-order valence-electron chi connectivity index (χ1n) is 12.9. The van der Waals surface area contributed by atoms with Gasteiger partial charge in [0.1, 0.15) is 0 Å². The molecule has 0 heterocycles. The van der Waals surface area contributed by atoms with Gasteiger partial charge in [0.2, 0.25) is 0 Å². The SMILES string of the molecule is BBBBBBBBBBCCCCCCBBBBBBBBBB. The maximum Gasteiger partial charge on any atom is 0.0776 e. The van der Waals surface area contributed by atoms with Crippen LogP contribution in [0.2, 0.25) is 12.6 Å². The predicted molar refractivity (Wildman–Crippen MR) is 174 cm³/mol. The average molecular weight is 323 g/mol. The maximum atomic E-state index is 2.30. The van der Waals surface area contributed by atoms with Crippen LogP contribution in [0.4, 0.5) is 0 Å². The normalized spacial score (nSPS) is 8.46. The summed E-state index contributed by atoms with van der Waals surface area (Å²) in [6.45, 7) is 0. The lowest BCUT2D eigenvalue weighted by Crippen LogP contribution is -2.31. The van der Waals surface area contributed by atoms with Crippen molar-refractivity contribution in [3.8, 4) is 0 Å². The van der Waals surface area contributed by atoms with Crippen molar-refractivity contribution in [3.63, 3.8) is 0 Å². The molecule has 0 N–H and O–H groups in total. The number of hydrogen-bond acceptors (Lipinski definition) is 0. The molecule has 0 aliphatic carbocycles. The molecule has 0 aromatic carbocycles. The number of unbranched alkanes of at least 4 members (excludes halogenated alkanes) is 3. The highest BCUT2D eigenvalue weighted by Crippen LogP contribution is 2.04. The Kier molecular flexibility index (Phi) is 27.6. The van der Waals surface area contributed by atoms with Crippen molar-refractivity contribution in [1.82, 2.24) is 0 Å². The summed E-state index contributed by atoms with van der Waals surface area (Å²) in [7, 11) is 31.0. The van der Waals surface area contributed by atoms with Gasteiger partial charge in [-0.15, -0.1) is 0 Å². The van der Waals surface area contributed by atoms with E-state index in [4.69, 9.17) is 0 Å². The van der Waals surface area contributed by atoms with Crippen molar-refractivity contribution < 1.29 is 0 Å². The van der Waals surface area contributed by atoms with Crippen LogP contribution in [0.5, 0.6) is 0 Å². The van der Waals surface area contributed by atoms with Crippen LogP contribution in [0, 0.1) is 0 Å². The van der Waals surface area contributed by atoms with E-state index in [0.29, 0.717) is 0 Å². The van der Waals surface area contributed by atoms with Crippen LogP contribution in [-0.2, 0) is 0 Å². The summed E-state index contributed by atoms with van der Waals surface area (Å²) in [5, 5.41) is 0. The Morgan fingerprint density at radius 2 is 0.654 bits per heavy atom. The van der Waals surface area contributed by atoms with E-state index in [0.717, 1.165) is 0 Å². The highest BCUT2D eigenvalue weighted by Gasteiger charge is 2.02. The van der Waals surface area contributed by atoms with Crippen LogP contribution in [0.15, 0.2) is 0 Å². The fourth-order valence-electron chi connectivity index (χ4n) is 4.04. The smallest absolute Gasteiger partial charge is 0.0776 e. The van der Waals surface area contributed by atoms with Gasteiger partial charge in [-0.05, 0) is 0 Å². The summed E-state index contributed by atoms with van der Waals surface area (Å²) in [4.78, 5) is 0. The lowest BCUT2D eigenvalue weighted by molar-refractivity contribution is 0.700. The highest BCUT2D eigenvalue weighted by atomic mass is 13.9. The first-order chi connectivity index (χ1) is 12.9. The van der Waals surface area contributed by atoms with Gasteiger partial charge in [-0.3, -0.25) is 0 Å². The molecule has 0 unspecified atom stereocenters. The molecule has 0 bridgehead atoms. The van der Waals surface area contributed by atoms with E-state index in [1.165, 1.54) is 166 Å². The van der Waals surface area contributed by atoms with Gasteiger partial charge in [-0.1, -0.05) is 38.3 Å². The molecule has 0 radical (unpaired) electrons. The molecule has 0 aliphatic heterocycles. The minimum Gasteiger partial charge on any atom is -0.0853 e. The van der Waals surface area contributed by atoms with Crippen molar-refractivity contribution in [2.24, 2.45) is 0 Å². The van der Waals surface area contributed by atoms with Gasteiger partial charge >= 0.3 is 0 Å². The molecule has 26 heavy (non-hydrogen) atoms. The largest absolute Gasteiger partial charge is 0.0853 e. The Hall–Kier alpha value is 1.30. The van der Waals surface area contributed by atoms with Crippen molar-refractivity contribution in [3.05, 3.63) is 0 Å². The van der Waals surface area contributed by atoms with E-state index in [-0.39, 0.29) is 0 Å². The molecule has 0 aromatic heterocycles. The zero-order valence-corrected chi connectivity index (χ0v) is 19.0. The standard InChI is InChI=1S/C6H34B20/c7-11-15-19-23-25-21-17-13-9-5-3-1-2-4-6-10-14-18-22-26-24-20-16-12-8/h9-26H,1-8H2. The molecular weight excluding hydrogens is 288 g/mol. The van der Waals surface area contributed by atoms with E-state index in [2.05, 4.69) is 15.5 Å².